The number of Topliss-reactive ketones (excluding diaryl/α,β-unsaturated/α-hetero) is 1. The predicted molar refractivity (Wildman–Crippen MR) is 75.0 cm³/mol. The number of hydrogen-bond acceptors (Lipinski definition) is 6. The van der Waals surface area contributed by atoms with Crippen LogP contribution in [0.25, 0.3) is 0 Å². The fourth-order valence-electron chi connectivity index (χ4n) is 1.60. The highest BCUT2D eigenvalue weighted by molar-refractivity contribution is 5.94. The van der Waals surface area contributed by atoms with Crippen LogP contribution in [0.4, 0.5) is 0 Å². The molecule has 0 aliphatic rings. The molecule has 0 amide bonds. The van der Waals surface area contributed by atoms with Gasteiger partial charge in [-0.2, -0.15) is 5.26 Å². The van der Waals surface area contributed by atoms with Gasteiger partial charge in [-0.05, 0) is 13.8 Å². The van der Waals surface area contributed by atoms with E-state index in [1.165, 1.54) is 0 Å². The number of nitriles is 1. The first-order valence-corrected chi connectivity index (χ1v) is 6.90. The van der Waals surface area contributed by atoms with Gasteiger partial charge in [0.1, 0.15) is 5.78 Å². The van der Waals surface area contributed by atoms with Gasteiger partial charge in [-0.25, -0.2) is 0 Å². The van der Waals surface area contributed by atoms with Crippen molar-refractivity contribution < 1.29 is 23.9 Å². The predicted octanol–water partition coefficient (Wildman–Crippen LogP) is 2.02. The molecule has 0 N–H and O–H groups in total. The number of carbonyl (C=O) groups excluding carboxylic acids is 3. The summed E-state index contributed by atoms with van der Waals surface area (Å²) in [6.07, 6.45) is -0.858. The molecule has 0 fully saturated rings. The summed E-state index contributed by atoms with van der Waals surface area (Å²) < 4.78 is 9.66. The van der Waals surface area contributed by atoms with Crippen molar-refractivity contribution in [3.63, 3.8) is 0 Å². The van der Waals surface area contributed by atoms with Crippen LogP contribution >= 0.6 is 0 Å². The topological polar surface area (TPSA) is 93.5 Å². The molecule has 21 heavy (non-hydrogen) atoms. The zero-order valence-electron chi connectivity index (χ0n) is 13.3. The minimum absolute atomic E-state index is 0.0643. The molecule has 118 valence electrons. The van der Waals surface area contributed by atoms with Crippen molar-refractivity contribution in [3.8, 4) is 6.07 Å². The van der Waals surface area contributed by atoms with Crippen LogP contribution in [0.5, 0.6) is 0 Å². The second kappa shape index (κ2) is 7.77. The Balaban J connectivity index is 5.43. The van der Waals surface area contributed by atoms with E-state index in [1.54, 1.807) is 40.7 Å². The van der Waals surface area contributed by atoms with E-state index in [9.17, 15) is 19.6 Å². The van der Waals surface area contributed by atoms with Crippen molar-refractivity contribution in [2.24, 2.45) is 10.8 Å². The molecule has 0 radical (unpaired) electrons. The fraction of sp³-hybridized carbons (Fsp3) is 0.733. The molecule has 0 heterocycles. The van der Waals surface area contributed by atoms with Gasteiger partial charge in [0.2, 0.25) is 0 Å². The van der Waals surface area contributed by atoms with E-state index in [1.807, 2.05) is 0 Å². The monoisotopic (exact) mass is 297 g/mol. The Morgan fingerprint density at radius 3 is 1.90 bits per heavy atom. The van der Waals surface area contributed by atoms with Crippen LogP contribution < -0.4 is 0 Å². The average Bonchev–Trinajstić information content (AvgIpc) is 2.37. The average molecular weight is 297 g/mol. The first-order chi connectivity index (χ1) is 9.62. The Morgan fingerprint density at radius 2 is 1.52 bits per heavy atom. The molecule has 6 heteroatoms. The van der Waals surface area contributed by atoms with Crippen LogP contribution in [0.3, 0.4) is 0 Å². The van der Waals surface area contributed by atoms with Gasteiger partial charge in [0.25, 0.3) is 0 Å². The van der Waals surface area contributed by atoms with Crippen molar-refractivity contribution in [2.75, 3.05) is 13.2 Å². The number of ketones is 1. The van der Waals surface area contributed by atoms with E-state index >= 15 is 0 Å². The summed E-state index contributed by atoms with van der Waals surface area (Å²) in [5, 5.41) is 9.39. The molecule has 6 nitrogen and oxygen atoms in total. The lowest BCUT2D eigenvalue weighted by Crippen LogP contribution is -2.39. The molecule has 0 saturated heterocycles. The zero-order valence-corrected chi connectivity index (χ0v) is 13.3. The van der Waals surface area contributed by atoms with E-state index in [-0.39, 0.29) is 25.4 Å². The molecule has 0 rings (SSSR count). The maximum Gasteiger partial charge on any atom is 0.327 e. The lowest BCUT2D eigenvalue weighted by Gasteiger charge is -2.26. The first-order valence-electron chi connectivity index (χ1n) is 6.90. The maximum absolute atomic E-state index is 12.2. The summed E-state index contributed by atoms with van der Waals surface area (Å²) in [5.74, 6) is -1.85. The second-order valence-corrected chi connectivity index (χ2v) is 5.75. The molecule has 0 aromatic heterocycles. The van der Waals surface area contributed by atoms with Gasteiger partial charge < -0.3 is 9.47 Å². The highest BCUT2D eigenvalue weighted by Crippen LogP contribution is 2.33. The first kappa shape index (κ1) is 19.1. The van der Waals surface area contributed by atoms with E-state index < -0.39 is 29.2 Å². The smallest absolute Gasteiger partial charge is 0.327 e. The van der Waals surface area contributed by atoms with E-state index in [4.69, 9.17) is 9.47 Å². The fourth-order valence-corrected chi connectivity index (χ4v) is 1.60. The van der Waals surface area contributed by atoms with Gasteiger partial charge in [-0.1, -0.05) is 20.8 Å². The molecule has 0 aliphatic carbocycles. The van der Waals surface area contributed by atoms with Crippen molar-refractivity contribution in [2.45, 2.75) is 47.5 Å². The van der Waals surface area contributed by atoms with Crippen LogP contribution in [-0.4, -0.2) is 30.9 Å². The number of carbonyl (C=O) groups is 3. The molecule has 1 atom stereocenters. The Labute approximate surface area is 125 Å². The SMILES string of the molecule is CCOC(=O)CC(C#N)(CC(=O)C(C)(C)C)C(=O)OCC. The molecule has 0 spiro atoms. The van der Waals surface area contributed by atoms with Crippen LogP contribution in [-0.2, 0) is 23.9 Å². The molecule has 0 aromatic rings. The van der Waals surface area contributed by atoms with Crippen molar-refractivity contribution in [3.05, 3.63) is 0 Å². The Bertz CT molecular complexity index is 444. The number of ether oxygens (including phenoxy) is 2. The lowest BCUT2D eigenvalue weighted by atomic mass is 9.75. The zero-order chi connectivity index (χ0) is 16.7. The van der Waals surface area contributed by atoms with Crippen LogP contribution in [0.1, 0.15) is 47.5 Å². The van der Waals surface area contributed by atoms with Crippen LogP contribution in [0.15, 0.2) is 0 Å². The summed E-state index contributed by atoms with van der Waals surface area (Å²) in [7, 11) is 0. The number of rotatable bonds is 7. The minimum Gasteiger partial charge on any atom is -0.466 e. The summed E-state index contributed by atoms with van der Waals surface area (Å²) in [6.45, 7) is 8.48. The highest BCUT2D eigenvalue weighted by atomic mass is 16.5. The summed E-state index contributed by atoms with van der Waals surface area (Å²) in [6, 6.07) is 1.80. The van der Waals surface area contributed by atoms with Crippen LogP contribution in [0, 0.1) is 22.2 Å². The molecule has 0 aliphatic heterocycles. The summed E-state index contributed by atoms with van der Waals surface area (Å²) in [5.41, 5.74) is -2.55. The summed E-state index contributed by atoms with van der Waals surface area (Å²) >= 11 is 0. The third-order valence-electron chi connectivity index (χ3n) is 2.93. The lowest BCUT2D eigenvalue weighted by molar-refractivity contribution is -0.160. The number of hydrogen-bond donors (Lipinski definition) is 0. The Kier molecular flexibility index (Phi) is 7.07. The normalized spacial score (nSPS) is 13.7. The molecule has 0 saturated carbocycles. The van der Waals surface area contributed by atoms with Gasteiger partial charge in [-0.3, -0.25) is 14.4 Å². The van der Waals surface area contributed by atoms with E-state index in [0.717, 1.165) is 0 Å². The highest BCUT2D eigenvalue weighted by Gasteiger charge is 2.46. The molecule has 1 unspecified atom stereocenters. The van der Waals surface area contributed by atoms with Crippen molar-refractivity contribution >= 4 is 17.7 Å². The van der Waals surface area contributed by atoms with Gasteiger partial charge in [0, 0.05) is 11.8 Å². The second-order valence-electron chi connectivity index (χ2n) is 5.75. The molecular formula is C15H23NO5. The Morgan fingerprint density at radius 1 is 1.00 bits per heavy atom. The third kappa shape index (κ3) is 5.54. The van der Waals surface area contributed by atoms with Crippen molar-refractivity contribution in [1.82, 2.24) is 0 Å². The molecule has 0 bridgehead atoms. The van der Waals surface area contributed by atoms with E-state index in [2.05, 4.69) is 0 Å². The van der Waals surface area contributed by atoms with Crippen molar-refractivity contribution in [1.29, 1.82) is 5.26 Å². The standard InChI is InChI=1S/C15H23NO5/c1-6-20-12(18)9-15(10-16,13(19)21-7-2)8-11(17)14(3,4)5/h6-9H2,1-5H3. The van der Waals surface area contributed by atoms with Gasteiger partial charge >= 0.3 is 11.9 Å². The number of nitrogens with zero attached hydrogens (tertiary/aromatic N) is 1. The summed E-state index contributed by atoms with van der Waals surface area (Å²) in [4.78, 5) is 35.9. The minimum atomic E-state index is -1.83. The molecule has 0 aromatic carbocycles. The van der Waals surface area contributed by atoms with Crippen LogP contribution in [0.2, 0.25) is 0 Å². The van der Waals surface area contributed by atoms with Gasteiger partial charge in [0.15, 0.2) is 5.41 Å². The largest absolute Gasteiger partial charge is 0.466 e. The van der Waals surface area contributed by atoms with Gasteiger partial charge in [-0.15, -0.1) is 0 Å². The molecular weight excluding hydrogens is 274 g/mol. The van der Waals surface area contributed by atoms with Gasteiger partial charge in [0.05, 0.1) is 25.7 Å². The Hall–Kier alpha value is -1.90. The third-order valence-corrected chi connectivity index (χ3v) is 2.93. The maximum atomic E-state index is 12.2. The quantitative estimate of drug-likeness (QED) is 0.667. The van der Waals surface area contributed by atoms with E-state index in [0.29, 0.717) is 0 Å². The number of esters is 2.